The predicted molar refractivity (Wildman–Crippen MR) is 133 cm³/mol. The van der Waals surface area contributed by atoms with E-state index in [1.54, 1.807) is 10.7 Å². The summed E-state index contributed by atoms with van der Waals surface area (Å²) in [5, 5.41) is 7.89. The number of nitrogens with zero attached hydrogens (tertiary/aromatic N) is 2. The number of nitrogens with two attached hydrogens (primary N) is 2. The number of halogens is 1. The zero-order valence-corrected chi connectivity index (χ0v) is 21.0. The molecule has 0 spiro atoms. The lowest BCUT2D eigenvalue weighted by atomic mass is 9.75. The first-order chi connectivity index (χ1) is 17.0. The maximum atomic E-state index is 15.4. The monoisotopic (exact) mass is 499 g/mol. The quantitative estimate of drug-likeness (QED) is 0.497. The first-order valence-electron chi connectivity index (χ1n) is 12.5. The van der Waals surface area contributed by atoms with E-state index in [-0.39, 0.29) is 35.0 Å². The van der Waals surface area contributed by atoms with Gasteiger partial charge in [0.25, 0.3) is 5.91 Å². The van der Waals surface area contributed by atoms with Gasteiger partial charge in [-0.25, -0.2) is 9.07 Å². The van der Waals surface area contributed by atoms with Crippen molar-refractivity contribution >= 4 is 23.3 Å². The molecule has 0 aliphatic heterocycles. The molecule has 9 nitrogen and oxygen atoms in total. The van der Waals surface area contributed by atoms with Crippen molar-refractivity contribution in [2.24, 2.45) is 16.9 Å². The number of carbonyl (C=O) groups excluding carboxylic acids is 3. The van der Waals surface area contributed by atoms with E-state index < -0.39 is 23.8 Å². The van der Waals surface area contributed by atoms with Crippen LogP contribution >= 0.6 is 0 Å². The molecule has 0 radical (unpaired) electrons. The summed E-state index contributed by atoms with van der Waals surface area (Å²) in [6.07, 6.45) is 4.16. The normalized spacial score (nSPS) is 21.1. The summed E-state index contributed by atoms with van der Waals surface area (Å²) in [7, 11) is 0. The number of nitrogens with one attached hydrogen (secondary N) is 1. The highest BCUT2D eigenvalue weighted by atomic mass is 19.1. The Labute approximate surface area is 209 Å². The van der Waals surface area contributed by atoms with E-state index in [1.807, 2.05) is 20.8 Å². The summed E-state index contributed by atoms with van der Waals surface area (Å²) in [4.78, 5) is 37.0. The van der Waals surface area contributed by atoms with Gasteiger partial charge in [0.15, 0.2) is 5.78 Å². The Morgan fingerprint density at radius 3 is 2.64 bits per heavy atom. The summed E-state index contributed by atoms with van der Waals surface area (Å²) in [6.45, 7) is 5.73. The molecule has 2 unspecified atom stereocenters. The third kappa shape index (κ3) is 5.00. The van der Waals surface area contributed by atoms with Crippen LogP contribution in [-0.4, -0.2) is 46.1 Å². The predicted octanol–water partition coefficient (Wildman–Crippen LogP) is 3.05. The number of anilines is 1. The molecule has 1 aromatic heterocycles. The molecule has 194 valence electrons. The van der Waals surface area contributed by atoms with E-state index in [2.05, 4.69) is 10.4 Å². The average Bonchev–Trinajstić information content (AvgIpc) is 3.17. The zero-order chi connectivity index (χ0) is 26.2. The van der Waals surface area contributed by atoms with Crippen molar-refractivity contribution in [3.05, 3.63) is 40.5 Å². The summed E-state index contributed by atoms with van der Waals surface area (Å²) < 4.78 is 22.5. The average molecular weight is 500 g/mol. The second-order valence-corrected chi connectivity index (χ2v) is 10.5. The second kappa shape index (κ2) is 10.0. The number of hydrogen-bond acceptors (Lipinski definition) is 7. The fourth-order valence-electron chi connectivity index (χ4n) is 5.39. The molecule has 5 N–H and O–H groups in total. The van der Waals surface area contributed by atoms with Gasteiger partial charge >= 0.3 is 5.97 Å². The van der Waals surface area contributed by atoms with Gasteiger partial charge in [-0.3, -0.25) is 14.4 Å². The molecule has 1 amide bonds. The number of Topliss-reactive ketones (excluding diaryl/α,β-unsaturated/α-hetero) is 1. The summed E-state index contributed by atoms with van der Waals surface area (Å²) in [5.41, 5.74) is 13.0. The first kappa shape index (κ1) is 25.8. The largest absolute Gasteiger partial charge is 0.459 e. The minimum atomic E-state index is -0.916. The molecule has 1 fully saturated rings. The Kier molecular flexibility index (Phi) is 7.17. The van der Waals surface area contributed by atoms with Crippen molar-refractivity contribution in [3.63, 3.8) is 0 Å². The van der Waals surface area contributed by atoms with Gasteiger partial charge in [-0.2, -0.15) is 5.10 Å². The van der Waals surface area contributed by atoms with Gasteiger partial charge in [0, 0.05) is 12.5 Å². The minimum Gasteiger partial charge on any atom is -0.459 e. The number of aromatic nitrogens is 2. The van der Waals surface area contributed by atoms with Crippen LogP contribution < -0.4 is 16.8 Å². The fourth-order valence-corrected chi connectivity index (χ4v) is 5.39. The van der Waals surface area contributed by atoms with Gasteiger partial charge in [0.2, 0.25) is 0 Å². The van der Waals surface area contributed by atoms with Crippen LogP contribution in [-0.2, 0) is 22.4 Å². The minimum absolute atomic E-state index is 0.0312. The van der Waals surface area contributed by atoms with E-state index >= 15 is 4.39 Å². The zero-order valence-electron chi connectivity index (χ0n) is 21.0. The summed E-state index contributed by atoms with van der Waals surface area (Å²) in [5.74, 6) is -2.20. The molecular formula is C26H34FN5O4. The molecule has 0 bridgehead atoms. The summed E-state index contributed by atoms with van der Waals surface area (Å²) in [6, 6.07) is 2.50. The Balaban J connectivity index is 1.79. The van der Waals surface area contributed by atoms with Gasteiger partial charge in [-0.05, 0) is 43.6 Å². The number of primary amides is 1. The number of benzene rings is 1. The molecule has 1 heterocycles. The molecule has 1 aromatic carbocycles. The third-order valence-electron chi connectivity index (χ3n) is 7.01. The molecule has 36 heavy (non-hydrogen) atoms. The Bertz CT molecular complexity index is 1210. The standard InChI is InChI=1S/C26H34FN5O4/c1-4-16-24-19(11-26(2,3)12-20(24)33)32(31-16)14-9-15(27)23(25(29)35)18(10-14)30-17-7-5-6-8-21(17)36-22(34)13-28/h9-10,17,21,30H,4-8,11-13,28H2,1-3H3,(H2,29,35). The maximum absolute atomic E-state index is 15.4. The number of amides is 1. The number of fused-ring (bicyclic) bond motifs is 1. The highest BCUT2D eigenvalue weighted by molar-refractivity contribution is 6.00. The van der Waals surface area contributed by atoms with Crippen LogP contribution in [0.1, 0.15) is 85.0 Å². The van der Waals surface area contributed by atoms with Gasteiger partial charge in [-0.15, -0.1) is 0 Å². The lowest BCUT2D eigenvalue weighted by Crippen LogP contribution is -2.41. The van der Waals surface area contributed by atoms with Gasteiger partial charge in [0.05, 0.1) is 46.5 Å². The number of ketones is 1. The van der Waals surface area contributed by atoms with E-state index in [9.17, 15) is 14.4 Å². The summed E-state index contributed by atoms with van der Waals surface area (Å²) >= 11 is 0. The van der Waals surface area contributed by atoms with Crippen molar-refractivity contribution in [2.75, 3.05) is 11.9 Å². The van der Waals surface area contributed by atoms with E-state index in [1.165, 1.54) is 6.07 Å². The molecule has 4 rings (SSSR count). The second-order valence-electron chi connectivity index (χ2n) is 10.5. The number of aryl methyl sites for hydroxylation is 1. The molecule has 1 saturated carbocycles. The SMILES string of the molecule is CCc1nn(-c2cc(F)c(C(N)=O)c(NC3CCCCC3OC(=O)CN)c2)c2c1C(=O)CC(C)(C)C2. The van der Waals surface area contributed by atoms with Gasteiger partial charge < -0.3 is 21.5 Å². The van der Waals surface area contributed by atoms with Crippen molar-refractivity contribution in [1.82, 2.24) is 9.78 Å². The number of hydrogen-bond donors (Lipinski definition) is 3. The number of carbonyl (C=O) groups is 3. The van der Waals surface area contributed by atoms with Crippen LogP contribution in [0.15, 0.2) is 12.1 Å². The number of rotatable bonds is 7. The van der Waals surface area contributed by atoms with Crippen molar-refractivity contribution in [1.29, 1.82) is 0 Å². The van der Waals surface area contributed by atoms with E-state index in [0.717, 1.165) is 18.5 Å². The molecule has 2 aromatic rings. The molecule has 10 heteroatoms. The van der Waals surface area contributed by atoms with Crippen LogP contribution in [0.5, 0.6) is 0 Å². The lowest BCUT2D eigenvalue weighted by Gasteiger charge is -2.33. The van der Waals surface area contributed by atoms with Gasteiger partial charge in [-0.1, -0.05) is 27.2 Å². The van der Waals surface area contributed by atoms with Crippen molar-refractivity contribution < 1.29 is 23.5 Å². The third-order valence-corrected chi connectivity index (χ3v) is 7.01. The molecule has 2 aliphatic carbocycles. The van der Waals surface area contributed by atoms with Crippen LogP contribution in [0.25, 0.3) is 5.69 Å². The van der Waals surface area contributed by atoms with Crippen LogP contribution in [0.2, 0.25) is 0 Å². The van der Waals surface area contributed by atoms with Crippen LogP contribution in [0.3, 0.4) is 0 Å². The highest BCUT2D eigenvalue weighted by Gasteiger charge is 2.37. The lowest BCUT2D eigenvalue weighted by molar-refractivity contribution is -0.149. The Morgan fingerprint density at radius 1 is 1.25 bits per heavy atom. The van der Waals surface area contributed by atoms with E-state index in [0.29, 0.717) is 49.0 Å². The first-order valence-corrected chi connectivity index (χ1v) is 12.5. The number of ether oxygens (including phenoxy) is 1. The van der Waals surface area contributed by atoms with Crippen LogP contribution in [0, 0.1) is 11.2 Å². The van der Waals surface area contributed by atoms with Crippen molar-refractivity contribution in [3.8, 4) is 5.69 Å². The Morgan fingerprint density at radius 2 is 1.97 bits per heavy atom. The topological polar surface area (TPSA) is 142 Å². The van der Waals surface area contributed by atoms with Crippen LogP contribution in [0.4, 0.5) is 10.1 Å². The molecule has 2 aliphatic rings. The van der Waals surface area contributed by atoms with Gasteiger partial charge in [0.1, 0.15) is 11.9 Å². The maximum Gasteiger partial charge on any atom is 0.320 e. The molecular weight excluding hydrogens is 465 g/mol. The smallest absolute Gasteiger partial charge is 0.320 e. The number of esters is 1. The fraction of sp³-hybridized carbons (Fsp3) is 0.538. The van der Waals surface area contributed by atoms with Crippen molar-refractivity contribution in [2.45, 2.75) is 77.9 Å². The Hall–Kier alpha value is -3.27. The van der Waals surface area contributed by atoms with E-state index in [4.69, 9.17) is 16.2 Å². The highest BCUT2D eigenvalue weighted by Crippen LogP contribution is 2.38. The molecule has 0 saturated heterocycles. The molecule has 2 atom stereocenters.